The highest BCUT2D eigenvalue weighted by atomic mass is 16.5. The molecule has 0 bridgehead atoms. The summed E-state index contributed by atoms with van der Waals surface area (Å²) in [5.74, 6) is -0.0546. The Hall–Kier alpha value is -1.08. The molecule has 0 radical (unpaired) electrons. The van der Waals surface area contributed by atoms with E-state index in [0.717, 1.165) is 13.0 Å². The first-order chi connectivity index (χ1) is 7.63. The molecule has 1 aliphatic rings. The van der Waals surface area contributed by atoms with Crippen molar-refractivity contribution >= 4 is 5.91 Å². The van der Waals surface area contributed by atoms with Crippen LogP contribution in [0.3, 0.4) is 0 Å². The molecule has 1 saturated heterocycles. The van der Waals surface area contributed by atoms with E-state index < -0.39 is 5.92 Å². The number of methoxy groups -OCH3 is 1. The number of ether oxygens (including phenoxy) is 1. The van der Waals surface area contributed by atoms with Gasteiger partial charge < -0.3 is 9.64 Å². The number of nitriles is 1. The van der Waals surface area contributed by atoms with Gasteiger partial charge >= 0.3 is 0 Å². The predicted octanol–water partition coefficient (Wildman–Crippen LogP) is 1.42. The van der Waals surface area contributed by atoms with E-state index in [4.69, 9.17) is 10.00 Å². The number of piperidine rings is 1. The van der Waals surface area contributed by atoms with Gasteiger partial charge in [-0.3, -0.25) is 4.79 Å². The number of amides is 1. The van der Waals surface area contributed by atoms with E-state index in [2.05, 4.69) is 13.0 Å². The quantitative estimate of drug-likeness (QED) is 0.728. The van der Waals surface area contributed by atoms with Crippen LogP contribution in [0, 0.1) is 23.2 Å². The van der Waals surface area contributed by atoms with Crippen molar-refractivity contribution in [2.75, 3.05) is 20.2 Å². The van der Waals surface area contributed by atoms with Crippen molar-refractivity contribution in [2.24, 2.45) is 11.8 Å². The van der Waals surface area contributed by atoms with Gasteiger partial charge in [-0.2, -0.15) is 5.26 Å². The van der Waals surface area contributed by atoms with Gasteiger partial charge in [0, 0.05) is 20.2 Å². The summed E-state index contributed by atoms with van der Waals surface area (Å²) in [5, 5.41) is 8.87. The highest BCUT2D eigenvalue weighted by Gasteiger charge is 2.31. The van der Waals surface area contributed by atoms with Gasteiger partial charge in [-0.05, 0) is 18.8 Å². The third-order valence-corrected chi connectivity index (χ3v) is 3.37. The summed E-state index contributed by atoms with van der Waals surface area (Å²) in [6.45, 7) is 5.37. The minimum absolute atomic E-state index is 0.0426. The van der Waals surface area contributed by atoms with Crippen molar-refractivity contribution in [3.63, 3.8) is 0 Å². The lowest BCUT2D eigenvalue weighted by molar-refractivity contribution is -0.138. The first-order valence-electron chi connectivity index (χ1n) is 5.85. The molecule has 0 spiro atoms. The number of hydrogen-bond donors (Lipinski definition) is 0. The molecule has 3 unspecified atom stereocenters. The van der Waals surface area contributed by atoms with Crippen molar-refractivity contribution in [3.05, 3.63) is 0 Å². The van der Waals surface area contributed by atoms with Crippen LogP contribution in [0.4, 0.5) is 0 Å². The van der Waals surface area contributed by atoms with Crippen LogP contribution in [0.2, 0.25) is 0 Å². The summed E-state index contributed by atoms with van der Waals surface area (Å²) in [5.41, 5.74) is 0. The van der Waals surface area contributed by atoms with Crippen molar-refractivity contribution in [2.45, 2.75) is 32.8 Å². The molecule has 16 heavy (non-hydrogen) atoms. The number of likely N-dealkylation sites (tertiary alicyclic amines) is 1. The van der Waals surface area contributed by atoms with Gasteiger partial charge in [0.1, 0.15) is 5.92 Å². The minimum Gasteiger partial charge on any atom is -0.379 e. The first-order valence-corrected chi connectivity index (χ1v) is 5.85. The summed E-state index contributed by atoms with van der Waals surface area (Å²) in [6.07, 6.45) is 1.64. The van der Waals surface area contributed by atoms with Gasteiger partial charge in [0.05, 0.1) is 12.2 Å². The number of carbonyl (C=O) groups excluding carboxylic acids is 1. The average Bonchev–Trinajstić information content (AvgIpc) is 2.31. The van der Waals surface area contributed by atoms with Crippen LogP contribution in [0.5, 0.6) is 0 Å². The van der Waals surface area contributed by atoms with Gasteiger partial charge in [-0.15, -0.1) is 0 Å². The van der Waals surface area contributed by atoms with Crippen LogP contribution < -0.4 is 0 Å². The van der Waals surface area contributed by atoms with Gasteiger partial charge in [0.2, 0.25) is 5.91 Å². The summed E-state index contributed by atoms with van der Waals surface area (Å²) in [6, 6.07) is 2.06. The van der Waals surface area contributed by atoms with Gasteiger partial charge in [-0.25, -0.2) is 0 Å². The normalized spacial score (nSPS) is 27.2. The Morgan fingerprint density at radius 2 is 2.38 bits per heavy atom. The van der Waals surface area contributed by atoms with E-state index in [1.54, 1.807) is 12.0 Å². The number of nitrogens with zero attached hydrogens (tertiary/aromatic N) is 2. The molecule has 90 valence electrons. The maximum absolute atomic E-state index is 12.0. The zero-order chi connectivity index (χ0) is 12.1. The third kappa shape index (κ3) is 2.73. The molecule has 0 aromatic rings. The molecular weight excluding hydrogens is 204 g/mol. The smallest absolute Gasteiger partial charge is 0.240 e. The third-order valence-electron chi connectivity index (χ3n) is 3.37. The highest BCUT2D eigenvalue weighted by Crippen LogP contribution is 2.21. The van der Waals surface area contributed by atoms with E-state index in [-0.39, 0.29) is 12.0 Å². The van der Waals surface area contributed by atoms with E-state index in [1.807, 2.05) is 6.92 Å². The SMILES string of the molecule is CCC(C#N)C(=O)N1CCC(C)C(OC)C1. The Morgan fingerprint density at radius 1 is 1.69 bits per heavy atom. The number of hydrogen-bond acceptors (Lipinski definition) is 3. The van der Waals surface area contributed by atoms with E-state index in [1.165, 1.54) is 0 Å². The first kappa shape index (κ1) is 13.0. The van der Waals surface area contributed by atoms with Crippen LogP contribution in [0.25, 0.3) is 0 Å². The molecule has 3 atom stereocenters. The molecule has 0 aromatic carbocycles. The van der Waals surface area contributed by atoms with E-state index >= 15 is 0 Å². The average molecular weight is 224 g/mol. The monoisotopic (exact) mass is 224 g/mol. The van der Waals surface area contributed by atoms with Crippen LogP contribution in [-0.2, 0) is 9.53 Å². The number of rotatable bonds is 3. The van der Waals surface area contributed by atoms with Gasteiger partial charge in [0.25, 0.3) is 0 Å². The van der Waals surface area contributed by atoms with Crippen LogP contribution in [0.1, 0.15) is 26.7 Å². The van der Waals surface area contributed by atoms with E-state index in [0.29, 0.717) is 18.9 Å². The molecule has 0 saturated carbocycles. The maximum Gasteiger partial charge on any atom is 0.240 e. The summed E-state index contributed by atoms with van der Waals surface area (Å²) < 4.78 is 5.35. The van der Waals surface area contributed by atoms with Crippen molar-refractivity contribution in [1.82, 2.24) is 4.90 Å². The Morgan fingerprint density at radius 3 is 2.88 bits per heavy atom. The largest absolute Gasteiger partial charge is 0.379 e. The minimum atomic E-state index is -0.495. The molecule has 1 rings (SSSR count). The fourth-order valence-corrected chi connectivity index (χ4v) is 2.08. The maximum atomic E-state index is 12.0. The molecule has 1 fully saturated rings. The Labute approximate surface area is 97.2 Å². The molecule has 4 heteroatoms. The van der Waals surface area contributed by atoms with Crippen LogP contribution >= 0.6 is 0 Å². The zero-order valence-corrected chi connectivity index (χ0v) is 10.3. The molecule has 0 aromatic heterocycles. The highest BCUT2D eigenvalue weighted by molar-refractivity contribution is 5.81. The Balaban J connectivity index is 2.62. The molecule has 0 aliphatic carbocycles. The van der Waals surface area contributed by atoms with Crippen molar-refractivity contribution in [3.8, 4) is 6.07 Å². The van der Waals surface area contributed by atoms with Crippen molar-refractivity contribution in [1.29, 1.82) is 5.26 Å². The topological polar surface area (TPSA) is 53.3 Å². The second-order valence-corrected chi connectivity index (χ2v) is 4.41. The van der Waals surface area contributed by atoms with Gasteiger partial charge in [-0.1, -0.05) is 13.8 Å². The van der Waals surface area contributed by atoms with Crippen LogP contribution in [-0.4, -0.2) is 37.1 Å². The summed E-state index contributed by atoms with van der Waals surface area (Å²) in [7, 11) is 1.68. The predicted molar refractivity (Wildman–Crippen MR) is 60.6 cm³/mol. The molecule has 4 nitrogen and oxygen atoms in total. The standard InChI is InChI=1S/C12H20N2O2/c1-4-10(7-13)12(15)14-6-5-9(2)11(8-14)16-3/h9-11H,4-6,8H2,1-3H3. The fourth-order valence-electron chi connectivity index (χ4n) is 2.08. The molecule has 1 aliphatic heterocycles. The lowest BCUT2D eigenvalue weighted by Crippen LogP contribution is -2.48. The van der Waals surface area contributed by atoms with Gasteiger partial charge in [0.15, 0.2) is 0 Å². The molecule has 0 N–H and O–H groups in total. The molecule has 1 heterocycles. The summed E-state index contributed by atoms with van der Waals surface area (Å²) >= 11 is 0. The Kier molecular flexibility index (Phi) is 4.75. The fraction of sp³-hybridized carbons (Fsp3) is 0.833. The zero-order valence-electron chi connectivity index (χ0n) is 10.3. The Bertz CT molecular complexity index is 285. The van der Waals surface area contributed by atoms with E-state index in [9.17, 15) is 4.79 Å². The lowest BCUT2D eigenvalue weighted by Gasteiger charge is -2.36. The lowest BCUT2D eigenvalue weighted by atomic mass is 9.94. The van der Waals surface area contributed by atoms with Crippen molar-refractivity contribution < 1.29 is 9.53 Å². The second kappa shape index (κ2) is 5.86. The summed E-state index contributed by atoms with van der Waals surface area (Å²) in [4.78, 5) is 13.7. The number of carbonyl (C=O) groups is 1. The second-order valence-electron chi connectivity index (χ2n) is 4.41. The molecular formula is C12H20N2O2. The van der Waals surface area contributed by atoms with Crippen LogP contribution in [0.15, 0.2) is 0 Å². The molecule has 1 amide bonds.